The zero-order chi connectivity index (χ0) is 20.1. The molecular formula is C24H20N2O3. The minimum atomic E-state index is -0.120. The van der Waals surface area contributed by atoms with Crippen LogP contribution in [-0.4, -0.2) is 18.0 Å². The van der Waals surface area contributed by atoms with Crippen molar-refractivity contribution in [1.29, 1.82) is 0 Å². The van der Waals surface area contributed by atoms with Crippen LogP contribution in [0.15, 0.2) is 85.1 Å². The van der Waals surface area contributed by atoms with Crippen LogP contribution >= 0.6 is 0 Å². The van der Waals surface area contributed by atoms with Gasteiger partial charge >= 0.3 is 0 Å². The topological polar surface area (TPSA) is 60.5 Å². The average molecular weight is 384 g/mol. The quantitative estimate of drug-likeness (QED) is 0.510. The molecule has 0 aliphatic heterocycles. The zero-order valence-corrected chi connectivity index (χ0v) is 16.0. The molecule has 0 bridgehead atoms. The molecule has 144 valence electrons. The number of hydrogen-bond acceptors (Lipinski definition) is 4. The lowest BCUT2D eigenvalue weighted by atomic mass is 10.1. The Bertz CT molecular complexity index is 1140. The number of aromatic nitrogens is 1. The highest BCUT2D eigenvalue weighted by atomic mass is 16.5. The Morgan fingerprint density at radius 3 is 2.52 bits per heavy atom. The molecule has 0 saturated carbocycles. The molecule has 1 heterocycles. The number of benzene rings is 3. The number of carbonyl (C=O) groups is 1. The van der Waals surface area contributed by atoms with Crippen molar-refractivity contribution >= 4 is 16.8 Å². The Balaban J connectivity index is 1.39. The van der Waals surface area contributed by atoms with Crippen molar-refractivity contribution in [2.24, 2.45) is 0 Å². The van der Waals surface area contributed by atoms with Gasteiger partial charge in [0.25, 0.3) is 5.91 Å². The maximum atomic E-state index is 12.5. The minimum Gasteiger partial charge on any atom is -0.493 e. The molecule has 5 nitrogen and oxygen atoms in total. The molecular weight excluding hydrogens is 364 g/mol. The van der Waals surface area contributed by atoms with E-state index in [0.717, 1.165) is 16.5 Å². The van der Waals surface area contributed by atoms with E-state index in [4.69, 9.17) is 9.47 Å². The summed E-state index contributed by atoms with van der Waals surface area (Å²) in [6.45, 7) is 0.429. The van der Waals surface area contributed by atoms with Crippen LogP contribution in [0.2, 0.25) is 0 Å². The highest BCUT2D eigenvalue weighted by Crippen LogP contribution is 2.30. The molecule has 29 heavy (non-hydrogen) atoms. The van der Waals surface area contributed by atoms with Crippen molar-refractivity contribution in [3.05, 3.63) is 96.2 Å². The molecule has 0 atom stereocenters. The molecule has 1 aromatic heterocycles. The van der Waals surface area contributed by atoms with Crippen molar-refractivity contribution in [2.45, 2.75) is 6.54 Å². The molecule has 4 aromatic rings. The van der Waals surface area contributed by atoms with Gasteiger partial charge in [0.05, 0.1) is 12.6 Å². The lowest BCUT2D eigenvalue weighted by Crippen LogP contribution is -2.22. The Kier molecular flexibility index (Phi) is 5.38. The van der Waals surface area contributed by atoms with Crippen molar-refractivity contribution in [1.82, 2.24) is 10.3 Å². The summed E-state index contributed by atoms with van der Waals surface area (Å²) < 4.78 is 11.2. The van der Waals surface area contributed by atoms with Crippen LogP contribution in [0.25, 0.3) is 10.9 Å². The zero-order valence-electron chi connectivity index (χ0n) is 16.0. The lowest BCUT2D eigenvalue weighted by Gasteiger charge is -2.11. The Labute approximate surface area is 168 Å². The third kappa shape index (κ3) is 4.35. The number of nitrogens with one attached hydrogen (secondary N) is 1. The Morgan fingerprint density at radius 2 is 1.72 bits per heavy atom. The van der Waals surface area contributed by atoms with Gasteiger partial charge in [0.2, 0.25) is 0 Å². The van der Waals surface area contributed by atoms with Gasteiger partial charge in [-0.1, -0.05) is 30.3 Å². The number of methoxy groups -OCH3 is 1. The van der Waals surface area contributed by atoms with Gasteiger partial charge < -0.3 is 14.8 Å². The van der Waals surface area contributed by atoms with E-state index >= 15 is 0 Å². The number of fused-ring (bicyclic) bond motifs is 1. The second-order valence-electron chi connectivity index (χ2n) is 6.49. The van der Waals surface area contributed by atoms with Gasteiger partial charge in [0.1, 0.15) is 5.75 Å². The van der Waals surface area contributed by atoms with E-state index in [2.05, 4.69) is 10.3 Å². The van der Waals surface area contributed by atoms with Gasteiger partial charge in [-0.3, -0.25) is 9.78 Å². The molecule has 4 rings (SSSR count). The first-order valence-corrected chi connectivity index (χ1v) is 9.26. The fourth-order valence-electron chi connectivity index (χ4n) is 3.01. The number of nitrogens with zero attached hydrogens (tertiary/aromatic N) is 1. The normalized spacial score (nSPS) is 10.5. The molecule has 0 spiro atoms. The number of ether oxygens (including phenoxy) is 2. The van der Waals surface area contributed by atoms with Gasteiger partial charge in [-0.2, -0.15) is 0 Å². The van der Waals surface area contributed by atoms with Gasteiger partial charge in [-0.25, -0.2) is 0 Å². The van der Waals surface area contributed by atoms with Crippen LogP contribution in [0.3, 0.4) is 0 Å². The molecule has 0 aliphatic carbocycles. The number of rotatable bonds is 6. The number of pyridine rings is 1. The minimum absolute atomic E-state index is 0.120. The van der Waals surface area contributed by atoms with E-state index in [1.807, 2.05) is 72.8 Å². The van der Waals surface area contributed by atoms with E-state index in [9.17, 15) is 4.79 Å². The van der Waals surface area contributed by atoms with Crippen LogP contribution in [0.1, 0.15) is 15.9 Å². The number of hydrogen-bond donors (Lipinski definition) is 1. The predicted molar refractivity (Wildman–Crippen MR) is 112 cm³/mol. The standard InChI is InChI=1S/C24H20N2O3/c1-28-22-6-2-3-7-23(22)29-20-11-8-17(9-12-20)16-26-24(27)19-10-13-21-18(15-19)5-4-14-25-21/h2-15H,16H2,1H3,(H,26,27). The highest BCUT2D eigenvalue weighted by molar-refractivity contribution is 5.97. The van der Waals surface area contributed by atoms with Crippen molar-refractivity contribution in [2.75, 3.05) is 7.11 Å². The van der Waals surface area contributed by atoms with Gasteiger partial charge in [0, 0.05) is 23.7 Å². The molecule has 1 N–H and O–H groups in total. The smallest absolute Gasteiger partial charge is 0.251 e. The summed E-state index contributed by atoms with van der Waals surface area (Å²) in [5, 5.41) is 3.89. The third-order valence-corrected chi connectivity index (χ3v) is 4.54. The molecule has 0 saturated heterocycles. The van der Waals surface area contributed by atoms with E-state index < -0.39 is 0 Å². The summed E-state index contributed by atoms with van der Waals surface area (Å²) in [6, 6.07) is 24.4. The summed E-state index contributed by atoms with van der Waals surface area (Å²) in [7, 11) is 1.61. The van der Waals surface area contributed by atoms with E-state index in [0.29, 0.717) is 29.4 Å². The van der Waals surface area contributed by atoms with E-state index in [-0.39, 0.29) is 5.91 Å². The summed E-state index contributed by atoms with van der Waals surface area (Å²) >= 11 is 0. The second kappa shape index (κ2) is 8.44. The summed E-state index contributed by atoms with van der Waals surface area (Å²) in [5.74, 6) is 1.91. The SMILES string of the molecule is COc1ccccc1Oc1ccc(CNC(=O)c2ccc3ncccc3c2)cc1. The van der Waals surface area contributed by atoms with Gasteiger partial charge in [0.15, 0.2) is 11.5 Å². The fraction of sp³-hybridized carbons (Fsp3) is 0.0833. The van der Waals surface area contributed by atoms with Crippen molar-refractivity contribution in [3.63, 3.8) is 0 Å². The van der Waals surface area contributed by atoms with Gasteiger partial charge in [-0.15, -0.1) is 0 Å². The first-order chi connectivity index (χ1) is 14.2. The summed E-state index contributed by atoms with van der Waals surface area (Å²) in [6.07, 6.45) is 1.74. The number of para-hydroxylation sites is 2. The molecule has 5 heteroatoms. The molecule has 0 aliphatic rings. The van der Waals surface area contributed by atoms with Crippen LogP contribution < -0.4 is 14.8 Å². The largest absolute Gasteiger partial charge is 0.493 e. The first kappa shape index (κ1) is 18.5. The summed E-state index contributed by atoms with van der Waals surface area (Å²) in [5.41, 5.74) is 2.46. The first-order valence-electron chi connectivity index (χ1n) is 9.26. The molecule has 0 radical (unpaired) electrons. The maximum absolute atomic E-state index is 12.5. The van der Waals surface area contributed by atoms with Crippen LogP contribution in [0.5, 0.6) is 17.2 Å². The predicted octanol–water partition coefficient (Wildman–Crippen LogP) is 4.97. The monoisotopic (exact) mass is 384 g/mol. The van der Waals surface area contributed by atoms with Crippen molar-refractivity contribution in [3.8, 4) is 17.2 Å². The maximum Gasteiger partial charge on any atom is 0.251 e. The third-order valence-electron chi connectivity index (χ3n) is 4.54. The van der Waals surface area contributed by atoms with E-state index in [1.165, 1.54) is 0 Å². The van der Waals surface area contributed by atoms with Crippen LogP contribution in [-0.2, 0) is 6.54 Å². The fourth-order valence-corrected chi connectivity index (χ4v) is 3.01. The number of amides is 1. The Morgan fingerprint density at radius 1 is 0.931 bits per heavy atom. The lowest BCUT2D eigenvalue weighted by molar-refractivity contribution is 0.0951. The van der Waals surface area contributed by atoms with Crippen LogP contribution in [0.4, 0.5) is 0 Å². The molecule has 3 aromatic carbocycles. The van der Waals surface area contributed by atoms with E-state index in [1.54, 1.807) is 19.4 Å². The average Bonchev–Trinajstić information content (AvgIpc) is 2.78. The van der Waals surface area contributed by atoms with Crippen molar-refractivity contribution < 1.29 is 14.3 Å². The molecule has 0 fully saturated rings. The van der Waals surface area contributed by atoms with Crippen LogP contribution in [0, 0.1) is 0 Å². The summed E-state index contributed by atoms with van der Waals surface area (Å²) in [4.78, 5) is 16.7. The molecule has 1 amide bonds. The highest BCUT2D eigenvalue weighted by Gasteiger charge is 2.08. The number of carbonyl (C=O) groups excluding carboxylic acids is 1. The Hall–Kier alpha value is -3.86. The van der Waals surface area contributed by atoms with Gasteiger partial charge in [-0.05, 0) is 54.1 Å². The second-order valence-corrected chi connectivity index (χ2v) is 6.49. The molecule has 0 unspecified atom stereocenters.